The number of piperidine rings is 1. The number of carbonyl (C=O) groups is 1. The molecular formula is C27H26ClF5N6O2. The predicted octanol–water partition coefficient (Wildman–Crippen LogP) is 4.88. The van der Waals surface area contributed by atoms with Crippen LogP contribution in [0.4, 0.5) is 27.8 Å². The third-order valence-corrected chi connectivity index (χ3v) is 8.28. The van der Waals surface area contributed by atoms with Gasteiger partial charge in [0.1, 0.15) is 5.82 Å². The summed E-state index contributed by atoms with van der Waals surface area (Å²) < 4.78 is 72.4. The van der Waals surface area contributed by atoms with Gasteiger partial charge in [-0.15, -0.1) is 0 Å². The molecule has 3 aliphatic heterocycles. The van der Waals surface area contributed by atoms with E-state index in [1.54, 1.807) is 23.1 Å². The molecule has 218 valence electrons. The number of aromatic nitrogens is 3. The zero-order valence-corrected chi connectivity index (χ0v) is 22.4. The number of hydrogen-bond donors (Lipinski definition) is 1. The molecule has 1 amide bonds. The van der Waals surface area contributed by atoms with Crippen LogP contribution in [0.3, 0.4) is 0 Å². The average molecular weight is 597 g/mol. The molecule has 41 heavy (non-hydrogen) atoms. The van der Waals surface area contributed by atoms with Crippen molar-refractivity contribution in [2.45, 2.75) is 49.5 Å². The molecule has 5 heterocycles. The van der Waals surface area contributed by atoms with E-state index < -0.39 is 42.7 Å². The van der Waals surface area contributed by atoms with E-state index in [-0.39, 0.29) is 47.9 Å². The number of alkyl halides is 5. The number of hydrogen-bond acceptors (Lipinski definition) is 7. The Hall–Kier alpha value is -3.16. The number of nitrogens with zero attached hydrogens (tertiary/aromatic N) is 5. The molecule has 0 aliphatic carbocycles. The summed E-state index contributed by atoms with van der Waals surface area (Å²) in [7, 11) is 0. The zero-order valence-electron chi connectivity index (χ0n) is 21.7. The molecule has 3 saturated heterocycles. The van der Waals surface area contributed by atoms with Gasteiger partial charge in [-0.05, 0) is 30.7 Å². The molecule has 14 heteroatoms. The Labute approximate surface area is 236 Å². The second-order valence-electron chi connectivity index (χ2n) is 10.6. The number of ether oxygens (including phenoxy) is 1. The molecule has 0 saturated carbocycles. The topological polar surface area (TPSA) is 83.5 Å². The van der Waals surface area contributed by atoms with Gasteiger partial charge in [0.2, 0.25) is 5.82 Å². The lowest BCUT2D eigenvalue weighted by molar-refractivity contribution is -0.145. The summed E-state index contributed by atoms with van der Waals surface area (Å²) in [6.45, 7) is 1.29. The van der Waals surface area contributed by atoms with Crippen LogP contribution in [0.5, 0.6) is 0 Å². The number of nitrogens with one attached hydrogen (secondary N) is 1. The van der Waals surface area contributed by atoms with E-state index in [9.17, 15) is 26.7 Å². The third-order valence-electron chi connectivity index (χ3n) is 7.96. The largest absolute Gasteiger partial charge is 0.451 e. The second-order valence-corrected chi connectivity index (χ2v) is 11.0. The monoisotopic (exact) mass is 596 g/mol. The Morgan fingerprint density at radius 1 is 1.15 bits per heavy atom. The van der Waals surface area contributed by atoms with Crippen molar-refractivity contribution in [1.29, 1.82) is 0 Å². The van der Waals surface area contributed by atoms with Gasteiger partial charge in [0.25, 0.3) is 11.8 Å². The summed E-state index contributed by atoms with van der Waals surface area (Å²) in [5.41, 5.74) is 1.04. The van der Waals surface area contributed by atoms with Gasteiger partial charge in [0.15, 0.2) is 0 Å². The molecule has 8 nitrogen and oxygen atoms in total. The van der Waals surface area contributed by atoms with Gasteiger partial charge >= 0.3 is 6.18 Å². The molecule has 6 rings (SSSR count). The van der Waals surface area contributed by atoms with Crippen molar-refractivity contribution in [1.82, 2.24) is 25.2 Å². The molecule has 3 fully saturated rings. The van der Waals surface area contributed by atoms with Gasteiger partial charge in [-0.2, -0.15) is 13.2 Å². The Morgan fingerprint density at radius 3 is 2.51 bits per heavy atom. The summed E-state index contributed by atoms with van der Waals surface area (Å²) in [6, 6.07) is 6.48. The Bertz CT molecular complexity index is 1450. The van der Waals surface area contributed by atoms with Gasteiger partial charge in [0.05, 0.1) is 40.9 Å². The number of benzene rings is 1. The maximum Gasteiger partial charge on any atom is 0.451 e. The van der Waals surface area contributed by atoms with Crippen molar-refractivity contribution in [2.24, 2.45) is 0 Å². The normalized spacial score (nSPS) is 23.2. The van der Waals surface area contributed by atoms with Crippen LogP contribution in [0.25, 0.3) is 10.9 Å². The molecule has 1 aromatic carbocycles. The fourth-order valence-corrected chi connectivity index (χ4v) is 6.04. The minimum atomic E-state index is -4.73. The van der Waals surface area contributed by atoms with E-state index in [1.807, 2.05) is 6.07 Å². The van der Waals surface area contributed by atoms with Gasteiger partial charge in [-0.25, -0.2) is 23.7 Å². The number of anilines is 1. The number of halogens is 6. The van der Waals surface area contributed by atoms with E-state index in [2.05, 4.69) is 20.2 Å². The zero-order chi connectivity index (χ0) is 28.9. The highest BCUT2D eigenvalue weighted by Gasteiger charge is 2.40. The summed E-state index contributed by atoms with van der Waals surface area (Å²) in [6.07, 6.45) is -2.36. The lowest BCUT2D eigenvalue weighted by Crippen LogP contribution is -2.45. The van der Waals surface area contributed by atoms with Crippen LogP contribution in [0, 0.1) is 0 Å². The number of morpholine rings is 1. The van der Waals surface area contributed by atoms with Gasteiger partial charge < -0.3 is 15.0 Å². The maximum atomic E-state index is 13.9. The SMILES string of the molecule is O=C(NCC(c1cnc(C(F)(F)F)nc1)N1CCC(F)(F)CC1)c1c(Cl)ccc2nc(N3C[C@@H]4C[C@H]3CO4)ccc12. The lowest BCUT2D eigenvalue weighted by atomic mass is 10.0. The number of likely N-dealkylation sites (tertiary alicyclic amines) is 1. The van der Waals surface area contributed by atoms with Crippen LogP contribution in [-0.4, -0.2) is 76.6 Å². The Kier molecular flexibility index (Phi) is 7.23. The van der Waals surface area contributed by atoms with Crippen LogP contribution < -0.4 is 10.2 Å². The molecular weight excluding hydrogens is 571 g/mol. The van der Waals surface area contributed by atoms with E-state index in [4.69, 9.17) is 21.3 Å². The molecule has 0 radical (unpaired) electrons. The Balaban J connectivity index is 1.24. The number of rotatable bonds is 6. The first-order chi connectivity index (χ1) is 19.5. The summed E-state index contributed by atoms with van der Waals surface area (Å²) >= 11 is 6.45. The third kappa shape index (κ3) is 5.67. The molecule has 1 N–H and O–H groups in total. The number of amides is 1. The maximum absolute atomic E-state index is 13.9. The summed E-state index contributed by atoms with van der Waals surface area (Å²) in [5, 5.41) is 3.53. The van der Waals surface area contributed by atoms with Crippen LogP contribution in [0.1, 0.15) is 47.1 Å². The van der Waals surface area contributed by atoms with E-state index >= 15 is 0 Å². The minimum absolute atomic E-state index is 0.0142. The van der Waals surface area contributed by atoms with E-state index in [0.29, 0.717) is 17.5 Å². The van der Waals surface area contributed by atoms with Crippen molar-refractivity contribution in [3.8, 4) is 0 Å². The average Bonchev–Trinajstić information content (AvgIpc) is 3.57. The fraction of sp³-hybridized carbons (Fsp3) is 0.481. The van der Waals surface area contributed by atoms with Gasteiger partial charge in [-0.1, -0.05) is 11.6 Å². The van der Waals surface area contributed by atoms with Crippen molar-refractivity contribution in [3.05, 3.63) is 58.6 Å². The smallest absolute Gasteiger partial charge is 0.374 e. The van der Waals surface area contributed by atoms with Crippen molar-refractivity contribution in [3.63, 3.8) is 0 Å². The first-order valence-electron chi connectivity index (χ1n) is 13.3. The van der Waals surface area contributed by atoms with Crippen molar-refractivity contribution < 1.29 is 31.5 Å². The standard InChI is InChI=1S/C27H26ClF5N6O2/c28-19-2-3-20-18(1-4-22(37-20)39-13-17-9-16(39)14-41-17)23(19)24(40)34-12-21(38-7-5-26(29,30)6-8-38)15-10-35-25(36-11-15)27(31,32)33/h1-4,10-11,16-17,21H,5-9,12-14H2,(H,34,40)/t16-,17-,21?/m0/s1. The first kappa shape index (κ1) is 28.0. The van der Waals surface area contributed by atoms with Gasteiger partial charge in [-0.3, -0.25) is 9.69 Å². The van der Waals surface area contributed by atoms with Crippen LogP contribution in [0.2, 0.25) is 5.02 Å². The number of carbonyl (C=O) groups excluding carboxylic acids is 1. The van der Waals surface area contributed by atoms with Crippen LogP contribution in [0.15, 0.2) is 36.7 Å². The molecule has 3 aliphatic rings. The number of fused-ring (bicyclic) bond motifs is 3. The molecule has 3 atom stereocenters. The van der Waals surface area contributed by atoms with Crippen molar-refractivity contribution in [2.75, 3.05) is 37.7 Å². The predicted molar refractivity (Wildman–Crippen MR) is 140 cm³/mol. The first-order valence-corrected chi connectivity index (χ1v) is 13.6. The quantitative estimate of drug-likeness (QED) is 0.406. The molecule has 2 bridgehead atoms. The van der Waals surface area contributed by atoms with Crippen molar-refractivity contribution >= 4 is 34.2 Å². The summed E-state index contributed by atoms with van der Waals surface area (Å²) in [4.78, 5) is 29.0. The second kappa shape index (κ2) is 10.6. The van der Waals surface area contributed by atoms with E-state index in [0.717, 1.165) is 31.2 Å². The lowest BCUT2D eigenvalue weighted by Gasteiger charge is -2.37. The van der Waals surface area contributed by atoms with Crippen LogP contribution >= 0.6 is 11.6 Å². The van der Waals surface area contributed by atoms with E-state index in [1.165, 1.54) is 0 Å². The molecule has 0 spiro atoms. The molecule has 1 unspecified atom stereocenters. The molecule has 3 aromatic rings. The van der Waals surface area contributed by atoms with Crippen LogP contribution in [-0.2, 0) is 10.9 Å². The van der Waals surface area contributed by atoms with Gasteiger partial charge in [0, 0.05) is 62.4 Å². The highest BCUT2D eigenvalue weighted by molar-refractivity contribution is 6.35. The highest BCUT2D eigenvalue weighted by Crippen LogP contribution is 2.35. The molecule has 2 aromatic heterocycles. The highest BCUT2D eigenvalue weighted by atomic mass is 35.5. The fourth-order valence-electron chi connectivity index (χ4n) is 5.79. The number of pyridine rings is 1. The minimum Gasteiger partial charge on any atom is -0.374 e. The Morgan fingerprint density at radius 2 is 1.88 bits per heavy atom. The summed E-state index contributed by atoms with van der Waals surface area (Å²) in [5.74, 6) is -3.88.